The number of carbonyl (C=O) groups excluding carboxylic acids is 3. The van der Waals surface area contributed by atoms with Gasteiger partial charge in [-0.2, -0.15) is 0 Å². The Morgan fingerprint density at radius 1 is 1.41 bits per heavy atom. The number of ether oxygens (including phenoxy) is 1. The van der Waals surface area contributed by atoms with Crippen molar-refractivity contribution < 1.29 is 19.1 Å². The normalized spacial score (nSPS) is 18.0. The molecule has 1 aromatic rings. The van der Waals surface area contributed by atoms with Gasteiger partial charge in [-0.15, -0.1) is 0 Å². The monoisotopic (exact) mass is 304 g/mol. The number of urea groups is 1. The molecule has 1 fully saturated rings. The van der Waals surface area contributed by atoms with Gasteiger partial charge in [-0.05, 0) is 25.1 Å². The fraction of sp³-hybridized carbons (Fsp3) is 0.357. The molecule has 1 atom stereocenters. The largest absolute Gasteiger partial charge is 0.482 e. The van der Waals surface area contributed by atoms with Gasteiger partial charge >= 0.3 is 6.03 Å². The van der Waals surface area contributed by atoms with Crippen LogP contribution in [0.3, 0.4) is 0 Å². The van der Waals surface area contributed by atoms with Gasteiger partial charge in [0.05, 0.1) is 5.69 Å². The molecule has 1 saturated heterocycles. The van der Waals surface area contributed by atoms with Crippen LogP contribution in [0.2, 0.25) is 0 Å². The van der Waals surface area contributed by atoms with E-state index in [0.717, 1.165) is 0 Å². The number of hydrogen-bond donors (Lipinski definition) is 3. The highest BCUT2D eigenvalue weighted by Gasteiger charge is 2.29. The quantitative estimate of drug-likeness (QED) is 0.749. The van der Waals surface area contributed by atoms with Crippen molar-refractivity contribution in [3.8, 4) is 5.75 Å². The van der Waals surface area contributed by atoms with Crippen LogP contribution in [-0.4, -0.2) is 48.5 Å². The van der Waals surface area contributed by atoms with Gasteiger partial charge < -0.3 is 20.7 Å². The van der Waals surface area contributed by atoms with E-state index >= 15 is 0 Å². The second-order valence-corrected chi connectivity index (χ2v) is 5.14. The van der Waals surface area contributed by atoms with Crippen LogP contribution >= 0.6 is 0 Å². The van der Waals surface area contributed by atoms with Crippen molar-refractivity contribution >= 4 is 29.2 Å². The number of hydrogen-bond acceptors (Lipinski definition) is 5. The summed E-state index contributed by atoms with van der Waals surface area (Å²) in [4.78, 5) is 36.2. The molecule has 0 bridgehead atoms. The van der Waals surface area contributed by atoms with E-state index in [1.54, 1.807) is 25.1 Å². The summed E-state index contributed by atoms with van der Waals surface area (Å²) in [6, 6.07) is 4.23. The molecule has 0 aliphatic carbocycles. The van der Waals surface area contributed by atoms with Gasteiger partial charge in [0.15, 0.2) is 6.61 Å². The average Bonchev–Trinajstić information content (AvgIpc) is 2.92. The van der Waals surface area contributed by atoms with Crippen molar-refractivity contribution in [2.45, 2.75) is 13.0 Å². The molecule has 0 aromatic heterocycles. The van der Waals surface area contributed by atoms with Crippen LogP contribution < -0.4 is 20.7 Å². The van der Waals surface area contributed by atoms with Crippen molar-refractivity contribution in [1.82, 2.24) is 10.2 Å². The predicted molar refractivity (Wildman–Crippen MR) is 78.8 cm³/mol. The lowest BCUT2D eigenvalue weighted by atomic mass is 10.2. The van der Waals surface area contributed by atoms with Crippen molar-refractivity contribution in [2.24, 2.45) is 0 Å². The molecular formula is C14H16N4O4. The van der Waals surface area contributed by atoms with E-state index in [9.17, 15) is 14.4 Å². The zero-order valence-electron chi connectivity index (χ0n) is 12.0. The Morgan fingerprint density at radius 2 is 2.23 bits per heavy atom. The van der Waals surface area contributed by atoms with E-state index in [1.807, 2.05) is 0 Å². The minimum atomic E-state index is -0.567. The number of carbonyl (C=O) groups is 3. The first-order valence-corrected chi connectivity index (χ1v) is 6.97. The van der Waals surface area contributed by atoms with Gasteiger partial charge in [-0.3, -0.25) is 14.5 Å². The SMILES string of the molecule is C[C@H](Nc1ccc2c(c1)NC(=O)CO2)C(=O)N1CCNC1=O. The lowest BCUT2D eigenvalue weighted by Crippen LogP contribution is -2.43. The minimum Gasteiger partial charge on any atom is -0.482 e. The Morgan fingerprint density at radius 3 is 2.95 bits per heavy atom. The van der Waals surface area contributed by atoms with Crippen LogP contribution in [0.5, 0.6) is 5.75 Å². The number of nitrogens with one attached hydrogen (secondary N) is 3. The zero-order chi connectivity index (χ0) is 15.7. The maximum Gasteiger partial charge on any atom is 0.324 e. The topological polar surface area (TPSA) is 99.8 Å². The molecule has 8 heteroatoms. The number of imide groups is 1. The zero-order valence-corrected chi connectivity index (χ0v) is 12.0. The number of anilines is 2. The number of rotatable bonds is 3. The van der Waals surface area contributed by atoms with Crippen LogP contribution in [0.1, 0.15) is 6.92 Å². The Bertz CT molecular complexity index is 646. The Kier molecular flexibility index (Phi) is 3.58. The molecular weight excluding hydrogens is 288 g/mol. The molecule has 22 heavy (non-hydrogen) atoms. The molecule has 2 aliphatic rings. The van der Waals surface area contributed by atoms with Gasteiger partial charge in [-0.1, -0.05) is 0 Å². The van der Waals surface area contributed by atoms with Gasteiger partial charge in [0.1, 0.15) is 11.8 Å². The number of amides is 4. The summed E-state index contributed by atoms with van der Waals surface area (Å²) in [5, 5.41) is 8.32. The lowest BCUT2D eigenvalue weighted by Gasteiger charge is -2.22. The highest BCUT2D eigenvalue weighted by Crippen LogP contribution is 2.30. The summed E-state index contributed by atoms with van der Waals surface area (Å²) < 4.78 is 5.27. The van der Waals surface area contributed by atoms with Crippen molar-refractivity contribution in [3.05, 3.63) is 18.2 Å². The minimum absolute atomic E-state index is 0.00125. The molecule has 3 N–H and O–H groups in total. The van der Waals surface area contributed by atoms with E-state index in [1.165, 1.54) is 4.90 Å². The van der Waals surface area contributed by atoms with Crippen LogP contribution in [0.4, 0.5) is 16.2 Å². The molecule has 3 rings (SSSR count). The van der Waals surface area contributed by atoms with E-state index < -0.39 is 6.04 Å². The molecule has 0 unspecified atom stereocenters. The Labute approximate surface area is 126 Å². The maximum atomic E-state index is 12.2. The van der Waals surface area contributed by atoms with Crippen LogP contribution in [0.15, 0.2) is 18.2 Å². The smallest absolute Gasteiger partial charge is 0.324 e. The first kappa shape index (κ1) is 14.2. The van der Waals surface area contributed by atoms with Gasteiger partial charge in [0.25, 0.3) is 11.8 Å². The Balaban J connectivity index is 1.70. The van der Waals surface area contributed by atoms with E-state index in [-0.39, 0.29) is 24.5 Å². The average molecular weight is 304 g/mol. The maximum absolute atomic E-state index is 12.2. The molecule has 2 aliphatic heterocycles. The highest BCUT2D eigenvalue weighted by atomic mass is 16.5. The van der Waals surface area contributed by atoms with Crippen LogP contribution in [-0.2, 0) is 9.59 Å². The lowest BCUT2D eigenvalue weighted by molar-refractivity contribution is -0.128. The number of benzene rings is 1. The van der Waals surface area contributed by atoms with Crippen molar-refractivity contribution in [3.63, 3.8) is 0 Å². The first-order chi connectivity index (χ1) is 10.5. The van der Waals surface area contributed by atoms with E-state index in [4.69, 9.17) is 4.74 Å². The summed E-state index contributed by atoms with van der Waals surface area (Å²) in [6.45, 7) is 2.53. The van der Waals surface area contributed by atoms with Gasteiger partial charge in [0, 0.05) is 18.8 Å². The molecule has 8 nitrogen and oxygen atoms in total. The van der Waals surface area contributed by atoms with Crippen LogP contribution in [0.25, 0.3) is 0 Å². The standard InChI is InChI=1S/C14H16N4O4/c1-8(13(20)18-5-4-15-14(18)21)16-9-2-3-11-10(6-9)17-12(19)7-22-11/h2-3,6,8,16H,4-5,7H2,1H3,(H,15,21)(H,17,19)/t8-/m0/s1. The second-order valence-electron chi connectivity index (χ2n) is 5.14. The fourth-order valence-electron chi connectivity index (χ4n) is 2.40. The van der Waals surface area contributed by atoms with Gasteiger partial charge in [-0.25, -0.2) is 4.79 Å². The fourth-order valence-corrected chi connectivity index (χ4v) is 2.40. The first-order valence-electron chi connectivity index (χ1n) is 6.97. The third kappa shape index (κ3) is 2.67. The van der Waals surface area contributed by atoms with Gasteiger partial charge in [0.2, 0.25) is 0 Å². The van der Waals surface area contributed by atoms with E-state index in [0.29, 0.717) is 30.2 Å². The second kappa shape index (κ2) is 5.55. The predicted octanol–water partition coefficient (Wildman–Crippen LogP) is 0.370. The molecule has 1 aromatic carbocycles. The Hall–Kier alpha value is -2.77. The van der Waals surface area contributed by atoms with E-state index in [2.05, 4.69) is 16.0 Å². The summed E-state index contributed by atoms with van der Waals surface area (Å²) in [6.07, 6.45) is 0. The molecule has 0 saturated carbocycles. The van der Waals surface area contributed by atoms with Crippen LogP contribution in [0, 0.1) is 0 Å². The highest BCUT2D eigenvalue weighted by molar-refractivity contribution is 5.99. The summed E-state index contributed by atoms with van der Waals surface area (Å²) >= 11 is 0. The van der Waals surface area contributed by atoms with Crippen molar-refractivity contribution in [2.75, 3.05) is 30.3 Å². The third-order valence-electron chi connectivity index (χ3n) is 3.49. The number of fused-ring (bicyclic) bond motifs is 1. The molecule has 0 spiro atoms. The van der Waals surface area contributed by atoms with Crippen molar-refractivity contribution in [1.29, 1.82) is 0 Å². The molecule has 4 amide bonds. The third-order valence-corrected chi connectivity index (χ3v) is 3.49. The molecule has 2 heterocycles. The number of nitrogens with zero attached hydrogens (tertiary/aromatic N) is 1. The molecule has 0 radical (unpaired) electrons. The summed E-state index contributed by atoms with van der Waals surface area (Å²) in [5.74, 6) is 0.0681. The summed E-state index contributed by atoms with van der Waals surface area (Å²) in [5.41, 5.74) is 1.21. The molecule has 116 valence electrons. The summed E-state index contributed by atoms with van der Waals surface area (Å²) in [7, 11) is 0.